The first-order valence-corrected chi connectivity index (χ1v) is 2.54. The maximum absolute atomic E-state index is 8.41. The first-order chi connectivity index (χ1) is 2.93. The van der Waals surface area contributed by atoms with Crippen molar-refractivity contribution in [2.75, 3.05) is 6.61 Å². The van der Waals surface area contributed by atoms with Gasteiger partial charge in [0.2, 0.25) is 0 Å². The van der Waals surface area contributed by atoms with E-state index in [2.05, 4.69) is 0 Å². The summed E-state index contributed by atoms with van der Waals surface area (Å²) in [7, 11) is 0. The number of rotatable bonds is 1. The van der Waals surface area contributed by atoms with Crippen LogP contribution in [0, 0.1) is 17.8 Å². The third-order valence-corrected chi connectivity index (χ3v) is 2.06. The molecule has 1 nitrogen and oxygen atoms in total. The van der Waals surface area contributed by atoms with E-state index in [4.69, 9.17) is 5.11 Å². The van der Waals surface area contributed by atoms with Gasteiger partial charge in [0.15, 0.2) is 0 Å². The average molecular weight is 84.1 g/mol. The molecule has 0 saturated heterocycles. The molecule has 0 aromatic heterocycles. The highest BCUT2D eigenvalue weighted by Crippen LogP contribution is 2.67. The molecule has 1 N–H and O–H groups in total. The maximum Gasteiger partial charge on any atom is 0.0464 e. The number of fused-ring (bicyclic) bond motifs is 1. The predicted octanol–water partition coefficient (Wildman–Crippen LogP) is 0.245. The van der Waals surface area contributed by atoms with E-state index >= 15 is 0 Å². The molecule has 0 aliphatic heterocycles. The lowest BCUT2D eigenvalue weighted by Crippen LogP contribution is -1.92. The van der Waals surface area contributed by atoms with Crippen LogP contribution < -0.4 is 0 Å². The summed E-state index contributed by atoms with van der Waals surface area (Å²) in [6.07, 6.45) is 1.42. The van der Waals surface area contributed by atoms with Crippen molar-refractivity contribution in [2.45, 2.75) is 6.42 Å². The molecular weight excluding hydrogens is 76.1 g/mol. The van der Waals surface area contributed by atoms with Crippen molar-refractivity contribution in [3.63, 3.8) is 0 Å². The molecule has 6 heavy (non-hydrogen) atoms. The molecule has 0 amide bonds. The summed E-state index contributed by atoms with van der Waals surface area (Å²) >= 11 is 0. The van der Waals surface area contributed by atoms with Crippen molar-refractivity contribution >= 4 is 0 Å². The zero-order valence-corrected chi connectivity index (χ0v) is 3.59. The Kier molecular flexibility index (Phi) is 0.327. The molecule has 0 aromatic rings. The minimum Gasteiger partial charge on any atom is -0.396 e. The molecule has 2 aliphatic carbocycles. The summed E-state index contributed by atoms with van der Waals surface area (Å²) in [5.74, 6) is 2.72. The summed E-state index contributed by atoms with van der Waals surface area (Å²) in [5.41, 5.74) is 0. The average Bonchev–Trinajstić information content (AvgIpc) is 2.12. The lowest BCUT2D eigenvalue weighted by atomic mass is 10.2. The van der Waals surface area contributed by atoms with Crippen LogP contribution >= 0.6 is 0 Å². The molecule has 2 aliphatic rings. The molecule has 1 heteroatoms. The maximum atomic E-state index is 8.41. The highest BCUT2D eigenvalue weighted by atomic mass is 16.3. The highest BCUT2D eigenvalue weighted by Gasteiger charge is 2.63. The number of hydrogen-bond acceptors (Lipinski definition) is 1. The Hall–Kier alpha value is -0.0400. The van der Waals surface area contributed by atoms with Gasteiger partial charge in [0.25, 0.3) is 0 Å². The third kappa shape index (κ3) is 0.178. The molecule has 0 heterocycles. The summed E-state index contributed by atoms with van der Waals surface area (Å²) in [6.45, 7) is 0.454. The van der Waals surface area contributed by atoms with Gasteiger partial charge in [-0.1, -0.05) is 0 Å². The fraction of sp³-hybridized carbons (Fsp3) is 1.00. The lowest BCUT2D eigenvalue weighted by Gasteiger charge is -1.90. The monoisotopic (exact) mass is 84.1 g/mol. The Balaban J connectivity index is 1.92. The molecule has 0 spiro atoms. The van der Waals surface area contributed by atoms with Crippen molar-refractivity contribution < 1.29 is 5.11 Å². The van der Waals surface area contributed by atoms with Gasteiger partial charge in [-0.2, -0.15) is 0 Å². The smallest absolute Gasteiger partial charge is 0.0464 e. The van der Waals surface area contributed by atoms with Gasteiger partial charge in [0.1, 0.15) is 0 Å². The fourth-order valence-corrected chi connectivity index (χ4v) is 1.18. The third-order valence-electron chi connectivity index (χ3n) is 2.06. The molecule has 1 unspecified atom stereocenters. The van der Waals surface area contributed by atoms with Gasteiger partial charge in [-0.25, -0.2) is 0 Å². The van der Waals surface area contributed by atoms with E-state index in [9.17, 15) is 0 Å². The van der Waals surface area contributed by atoms with Crippen molar-refractivity contribution in [1.29, 1.82) is 0 Å². The number of aliphatic hydroxyl groups is 1. The minimum atomic E-state index is 0.454. The second kappa shape index (κ2) is 0.648. The topological polar surface area (TPSA) is 20.2 Å². The highest BCUT2D eigenvalue weighted by molar-refractivity contribution is 5.11. The summed E-state index contributed by atoms with van der Waals surface area (Å²) in [6, 6.07) is 0. The van der Waals surface area contributed by atoms with E-state index in [1.54, 1.807) is 0 Å². The van der Waals surface area contributed by atoms with Gasteiger partial charge in [0.05, 0.1) is 0 Å². The Morgan fingerprint density at radius 2 is 2.17 bits per heavy atom. The van der Waals surface area contributed by atoms with Crippen LogP contribution in [0.15, 0.2) is 0 Å². The van der Waals surface area contributed by atoms with Gasteiger partial charge >= 0.3 is 0 Å². The van der Waals surface area contributed by atoms with E-state index in [0.717, 1.165) is 17.8 Å². The standard InChI is InChI=1S/C5H8O/c6-2-5-3-1-4(3)5/h3-6H,1-2H2/t3-,4+,5?. The molecule has 34 valence electrons. The van der Waals surface area contributed by atoms with Crippen LogP contribution in [-0.2, 0) is 0 Å². The first kappa shape index (κ1) is 3.03. The Labute approximate surface area is 37.0 Å². The Bertz CT molecular complexity index is 72.0. The first-order valence-electron chi connectivity index (χ1n) is 2.54. The van der Waals surface area contributed by atoms with E-state index in [1.807, 2.05) is 0 Å². The molecule has 3 atom stereocenters. The normalized spacial score (nSPS) is 60.5. The Morgan fingerprint density at radius 3 is 2.17 bits per heavy atom. The summed E-state index contributed by atoms with van der Waals surface area (Å²) in [4.78, 5) is 0. The summed E-state index contributed by atoms with van der Waals surface area (Å²) < 4.78 is 0. The van der Waals surface area contributed by atoms with Crippen LogP contribution in [0.2, 0.25) is 0 Å². The van der Waals surface area contributed by atoms with E-state index in [0.29, 0.717) is 6.61 Å². The molecular formula is C5H8O. The number of hydrogen-bond donors (Lipinski definition) is 1. The van der Waals surface area contributed by atoms with Gasteiger partial charge in [-0.15, -0.1) is 0 Å². The van der Waals surface area contributed by atoms with Crippen LogP contribution in [0.3, 0.4) is 0 Å². The zero-order chi connectivity index (χ0) is 4.15. The van der Waals surface area contributed by atoms with Crippen LogP contribution in [-0.4, -0.2) is 11.7 Å². The van der Waals surface area contributed by atoms with Crippen molar-refractivity contribution in [3.05, 3.63) is 0 Å². The van der Waals surface area contributed by atoms with Gasteiger partial charge in [-0.3, -0.25) is 0 Å². The Morgan fingerprint density at radius 1 is 1.50 bits per heavy atom. The van der Waals surface area contributed by atoms with Crippen molar-refractivity contribution in [1.82, 2.24) is 0 Å². The molecule has 0 bridgehead atoms. The van der Waals surface area contributed by atoms with Crippen LogP contribution in [0.5, 0.6) is 0 Å². The number of aliphatic hydroxyl groups excluding tert-OH is 1. The summed E-state index contributed by atoms with van der Waals surface area (Å²) in [5, 5.41) is 8.41. The van der Waals surface area contributed by atoms with Crippen LogP contribution in [0.4, 0.5) is 0 Å². The van der Waals surface area contributed by atoms with Crippen LogP contribution in [0.25, 0.3) is 0 Å². The van der Waals surface area contributed by atoms with Gasteiger partial charge < -0.3 is 5.11 Å². The molecule has 0 aromatic carbocycles. The largest absolute Gasteiger partial charge is 0.396 e. The quantitative estimate of drug-likeness (QED) is 0.482. The van der Waals surface area contributed by atoms with Crippen LogP contribution in [0.1, 0.15) is 6.42 Å². The minimum absolute atomic E-state index is 0.454. The SMILES string of the molecule is OCC1[C@H]2C[C@@H]12. The second-order valence-corrected chi connectivity index (χ2v) is 2.41. The lowest BCUT2D eigenvalue weighted by molar-refractivity contribution is 0.250. The molecule has 0 radical (unpaired) electrons. The van der Waals surface area contributed by atoms with E-state index in [1.165, 1.54) is 6.42 Å². The molecule has 2 saturated carbocycles. The predicted molar refractivity (Wildman–Crippen MR) is 22.2 cm³/mol. The molecule has 2 rings (SSSR count). The fourth-order valence-electron chi connectivity index (χ4n) is 1.18. The van der Waals surface area contributed by atoms with Crippen molar-refractivity contribution in [2.24, 2.45) is 17.8 Å². The van der Waals surface area contributed by atoms with Gasteiger partial charge in [0, 0.05) is 6.61 Å². The zero-order valence-electron chi connectivity index (χ0n) is 3.59. The molecule has 2 fully saturated rings. The van der Waals surface area contributed by atoms with E-state index in [-0.39, 0.29) is 0 Å². The van der Waals surface area contributed by atoms with E-state index < -0.39 is 0 Å². The van der Waals surface area contributed by atoms with Crippen molar-refractivity contribution in [3.8, 4) is 0 Å². The second-order valence-electron chi connectivity index (χ2n) is 2.41. The van der Waals surface area contributed by atoms with Gasteiger partial charge in [-0.05, 0) is 24.2 Å².